The van der Waals surface area contributed by atoms with Crippen molar-refractivity contribution in [3.8, 4) is 28.4 Å². The molecule has 0 atom stereocenters. The molecule has 0 saturated heterocycles. The van der Waals surface area contributed by atoms with Crippen molar-refractivity contribution in [1.82, 2.24) is 0 Å². The molecule has 0 saturated carbocycles. The van der Waals surface area contributed by atoms with Crippen LogP contribution in [-0.2, 0) is 17.3 Å². The Hall–Kier alpha value is -2.16. The fourth-order valence-electron chi connectivity index (χ4n) is 3.26. The first-order chi connectivity index (χ1) is 11.9. The van der Waals surface area contributed by atoms with Gasteiger partial charge in [-0.25, -0.2) is 0 Å². The molecule has 0 aromatic heterocycles. The van der Waals surface area contributed by atoms with Crippen molar-refractivity contribution in [3.05, 3.63) is 41.0 Å². The minimum atomic E-state index is -0.251. The maximum atomic E-state index is 10.9. The van der Waals surface area contributed by atoms with E-state index in [0.29, 0.717) is 11.3 Å². The monoisotopic (exact) mass is 356 g/mol. The first-order valence-electron chi connectivity index (χ1n) is 9.29. The zero-order chi connectivity index (χ0) is 19.9. The molecule has 3 nitrogen and oxygen atoms in total. The smallest absolute Gasteiger partial charge is 0.165 e. The van der Waals surface area contributed by atoms with Gasteiger partial charge in [-0.2, -0.15) is 0 Å². The summed E-state index contributed by atoms with van der Waals surface area (Å²) >= 11 is 0. The van der Waals surface area contributed by atoms with Crippen molar-refractivity contribution in [2.45, 2.75) is 72.1 Å². The molecule has 26 heavy (non-hydrogen) atoms. The molecule has 0 aliphatic carbocycles. The summed E-state index contributed by atoms with van der Waals surface area (Å²) in [7, 11) is 0. The molecule has 0 fully saturated rings. The van der Waals surface area contributed by atoms with Crippen LogP contribution in [0, 0.1) is 0 Å². The van der Waals surface area contributed by atoms with E-state index in [9.17, 15) is 15.3 Å². The number of benzene rings is 2. The predicted molar refractivity (Wildman–Crippen MR) is 108 cm³/mol. The molecule has 0 bridgehead atoms. The predicted octanol–water partition coefficient (Wildman–Crippen LogP) is 6.02. The van der Waals surface area contributed by atoms with Gasteiger partial charge in [0.1, 0.15) is 5.75 Å². The highest BCUT2D eigenvalue weighted by molar-refractivity contribution is 5.77. The number of hydrogen-bond donors (Lipinski definition) is 3. The summed E-state index contributed by atoms with van der Waals surface area (Å²) in [4.78, 5) is 0. The van der Waals surface area contributed by atoms with Crippen LogP contribution >= 0.6 is 0 Å². The van der Waals surface area contributed by atoms with E-state index in [0.717, 1.165) is 35.1 Å². The van der Waals surface area contributed by atoms with Gasteiger partial charge in [-0.15, -0.1) is 0 Å². The molecular weight excluding hydrogens is 324 g/mol. The van der Waals surface area contributed by atoms with Crippen molar-refractivity contribution in [3.63, 3.8) is 0 Å². The van der Waals surface area contributed by atoms with Crippen molar-refractivity contribution in [2.24, 2.45) is 0 Å². The molecule has 2 aromatic carbocycles. The Morgan fingerprint density at radius 3 is 1.65 bits per heavy atom. The summed E-state index contributed by atoms with van der Waals surface area (Å²) in [5.41, 5.74) is 3.56. The molecule has 2 rings (SSSR count). The van der Waals surface area contributed by atoms with E-state index in [1.807, 2.05) is 18.2 Å². The standard InChI is InChI=1S/C23H32O3/c1-8-9-14-10-16(20(25)19(24)11-14)15-12-17(22(2,3)4)21(26)18(13-15)23(5,6)7/h10-13,24-26H,8-9H2,1-7H3. The summed E-state index contributed by atoms with van der Waals surface area (Å²) < 4.78 is 0. The second-order valence-electron chi connectivity index (χ2n) is 9.18. The molecule has 0 unspecified atom stereocenters. The van der Waals surface area contributed by atoms with Gasteiger partial charge in [0.05, 0.1) is 0 Å². The number of rotatable bonds is 3. The molecular formula is C23H32O3. The number of aryl methyl sites for hydroxylation is 1. The quantitative estimate of drug-likeness (QED) is 0.589. The first-order valence-corrected chi connectivity index (χ1v) is 9.29. The summed E-state index contributed by atoms with van der Waals surface area (Å²) in [6.07, 6.45) is 1.79. The summed E-state index contributed by atoms with van der Waals surface area (Å²) in [6, 6.07) is 7.41. The lowest BCUT2D eigenvalue weighted by molar-refractivity contribution is 0.404. The van der Waals surface area contributed by atoms with E-state index in [1.165, 1.54) is 0 Å². The summed E-state index contributed by atoms with van der Waals surface area (Å²) in [5.74, 6) is 0.0890. The Morgan fingerprint density at radius 2 is 1.23 bits per heavy atom. The highest BCUT2D eigenvalue weighted by atomic mass is 16.3. The zero-order valence-corrected chi connectivity index (χ0v) is 17.1. The lowest BCUT2D eigenvalue weighted by Gasteiger charge is -2.28. The molecule has 0 heterocycles. The molecule has 3 heteroatoms. The van der Waals surface area contributed by atoms with Crippen molar-refractivity contribution in [2.75, 3.05) is 0 Å². The molecule has 0 aliphatic heterocycles. The Labute approximate surface area is 157 Å². The Bertz CT molecular complexity index is 770. The van der Waals surface area contributed by atoms with Gasteiger partial charge in [0, 0.05) is 16.7 Å². The Kier molecular flexibility index (Phi) is 5.32. The lowest BCUT2D eigenvalue weighted by atomic mass is 9.77. The van der Waals surface area contributed by atoms with Gasteiger partial charge in [0.25, 0.3) is 0 Å². The van der Waals surface area contributed by atoms with Crippen molar-refractivity contribution in [1.29, 1.82) is 0 Å². The van der Waals surface area contributed by atoms with Crippen LogP contribution in [0.1, 0.15) is 71.6 Å². The Balaban J connectivity index is 2.82. The average molecular weight is 357 g/mol. The van der Waals surface area contributed by atoms with E-state index in [-0.39, 0.29) is 22.3 Å². The average Bonchev–Trinajstić information content (AvgIpc) is 2.49. The number of aromatic hydroxyl groups is 3. The molecule has 0 radical (unpaired) electrons. The van der Waals surface area contributed by atoms with E-state index in [2.05, 4.69) is 48.5 Å². The topological polar surface area (TPSA) is 60.7 Å². The molecule has 0 amide bonds. The number of hydrogen-bond acceptors (Lipinski definition) is 3. The van der Waals surface area contributed by atoms with E-state index >= 15 is 0 Å². The van der Waals surface area contributed by atoms with Gasteiger partial charge < -0.3 is 15.3 Å². The highest BCUT2D eigenvalue weighted by Gasteiger charge is 2.27. The minimum absolute atomic E-state index is 0.103. The molecule has 3 N–H and O–H groups in total. The van der Waals surface area contributed by atoms with Gasteiger partial charge in [0.2, 0.25) is 0 Å². The van der Waals surface area contributed by atoms with Gasteiger partial charge >= 0.3 is 0 Å². The Morgan fingerprint density at radius 1 is 0.731 bits per heavy atom. The second-order valence-corrected chi connectivity index (χ2v) is 9.18. The van der Waals surface area contributed by atoms with Crippen LogP contribution in [0.3, 0.4) is 0 Å². The van der Waals surface area contributed by atoms with Gasteiger partial charge in [-0.1, -0.05) is 54.9 Å². The van der Waals surface area contributed by atoms with Crippen LogP contribution in [-0.4, -0.2) is 15.3 Å². The van der Waals surface area contributed by atoms with Crippen LogP contribution in [0.5, 0.6) is 17.2 Å². The molecule has 0 aliphatic rings. The summed E-state index contributed by atoms with van der Waals surface area (Å²) in [5, 5.41) is 31.6. The van der Waals surface area contributed by atoms with Crippen LogP contribution in [0.2, 0.25) is 0 Å². The van der Waals surface area contributed by atoms with Gasteiger partial charge in [-0.3, -0.25) is 0 Å². The van der Waals surface area contributed by atoms with Crippen LogP contribution in [0.25, 0.3) is 11.1 Å². The highest BCUT2D eigenvalue weighted by Crippen LogP contribution is 2.45. The molecule has 142 valence electrons. The van der Waals surface area contributed by atoms with Gasteiger partial charge in [0.15, 0.2) is 11.5 Å². The normalized spacial score (nSPS) is 12.4. The fourth-order valence-corrected chi connectivity index (χ4v) is 3.26. The molecule has 0 spiro atoms. The second kappa shape index (κ2) is 6.86. The fraction of sp³-hybridized carbons (Fsp3) is 0.478. The maximum Gasteiger partial charge on any atom is 0.165 e. The maximum absolute atomic E-state index is 10.9. The van der Waals surface area contributed by atoms with E-state index in [4.69, 9.17) is 0 Å². The van der Waals surface area contributed by atoms with E-state index < -0.39 is 0 Å². The van der Waals surface area contributed by atoms with Gasteiger partial charge in [-0.05, 0) is 52.6 Å². The zero-order valence-electron chi connectivity index (χ0n) is 17.1. The third-order valence-corrected chi connectivity index (χ3v) is 4.73. The number of phenolic OH excluding ortho intramolecular Hbond substituents is 3. The third-order valence-electron chi connectivity index (χ3n) is 4.73. The summed E-state index contributed by atoms with van der Waals surface area (Å²) in [6.45, 7) is 14.4. The van der Waals surface area contributed by atoms with Crippen molar-refractivity contribution >= 4 is 0 Å². The van der Waals surface area contributed by atoms with Crippen LogP contribution < -0.4 is 0 Å². The lowest BCUT2D eigenvalue weighted by Crippen LogP contribution is -2.17. The van der Waals surface area contributed by atoms with E-state index in [1.54, 1.807) is 6.07 Å². The third kappa shape index (κ3) is 3.98. The minimum Gasteiger partial charge on any atom is -0.507 e. The first kappa shape index (κ1) is 20.2. The van der Waals surface area contributed by atoms with Crippen LogP contribution in [0.4, 0.5) is 0 Å². The van der Waals surface area contributed by atoms with Crippen molar-refractivity contribution < 1.29 is 15.3 Å². The van der Waals surface area contributed by atoms with Crippen LogP contribution in [0.15, 0.2) is 24.3 Å². The molecule has 2 aromatic rings. The SMILES string of the molecule is CCCc1cc(O)c(O)c(-c2cc(C(C)(C)C)c(O)c(C(C)(C)C)c2)c1. The number of phenols is 3. The largest absolute Gasteiger partial charge is 0.507 e.